The van der Waals surface area contributed by atoms with Gasteiger partial charge in [-0.1, -0.05) is 42.5 Å². The van der Waals surface area contributed by atoms with Gasteiger partial charge in [0, 0.05) is 46.6 Å². The molecule has 1 fully saturated rings. The average Bonchev–Trinajstić information content (AvgIpc) is 3.58. The number of methoxy groups -OCH3 is 1. The fourth-order valence-electron chi connectivity index (χ4n) is 6.05. The third kappa shape index (κ3) is 2.39. The number of nitrogens with one attached hydrogen (secondary N) is 2. The van der Waals surface area contributed by atoms with Gasteiger partial charge in [-0.15, -0.1) is 0 Å². The van der Waals surface area contributed by atoms with E-state index in [1.165, 1.54) is 0 Å². The Morgan fingerprint density at radius 1 is 0.944 bits per heavy atom. The molecule has 7 nitrogen and oxygen atoms in total. The number of amides is 1. The lowest BCUT2D eigenvalue weighted by Crippen LogP contribution is -2.48. The Morgan fingerprint density at radius 3 is 2.44 bits per heavy atom. The monoisotopic (exact) mass is 475 g/mol. The number of ketones is 2. The molecule has 7 heteroatoms. The number of Topliss-reactive ketones (excluding diaryl/α,β-unsaturated/α-hetero) is 2. The molecule has 36 heavy (non-hydrogen) atoms. The Morgan fingerprint density at radius 2 is 1.67 bits per heavy atom. The number of ether oxygens (including phenoxy) is 1. The average molecular weight is 476 g/mol. The SMILES string of the molecule is COc1ccc(C(=O)C2=C3NCCN3C3=C(C(=O)c4ccccc43)[C@@]23C(=O)Nc2ccccc23)cc1. The minimum absolute atomic E-state index is 0.224. The largest absolute Gasteiger partial charge is 0.497 e. The third-order valence-electron chi connectivity index (χ3n) is 7.54. The molecule has 4 aliphatic rings. The van der Waals surface area contributed by atoms with Crippen LogP contribution in [0, 0.1) is 0 Å². The van der Waals surface area contributed by atoms with Crippen molar-refractivity contribution in [2.24, 2.45) is 0 Å². The van der Waals surface area contributed by atoms with Crippen LogP contribution in [0.25, 0.3) is 5.70 Å². The van der Waals surface area contributed by atoms with Gasteiger partial charge in [-0.25, -0.2) is 0 Å². The number of rotatable bonds is 3. The van der Waals surface area contributed by atoms with Gasteiger partial charge in [-0.2, -0.15) is 0 Å². The number of para-hydroxylation sites is 1. The minimum atomic E-state index is -1.58. The quantitative estimate of drug-likeness (QED) is 0.564. The number of carbonyl (C=O) groups excluding carboxylic acids is 3. The zero-order valence-electron chi connectivity index (χ0n) is 19.4. The first kappa shape index (κ1) is 20.7. The highest BCUT2D eigenvalue weighted by Crippen LogP contribution is 2.58. The molecule has 3 aromatic rings. The molecule has 0 bridgehead atoms. The smallest absolute Gasteiger partial charge is 0.244 e. The molecular formula is C29H21N3O4. The van der Waals surface area contributed by atoms with Crippen LogP contribution in [0.15, 0.2) is 89.8 Å². The van der Waals surface area contributed by atoms with E-state index >= 15 is 0 Å². The summed E-state index contributed by atoms with van der Waals surface area (Å²) in [6.45, 7) is 1.16. The van der Waals surface area contributed by atoms with Crippen LogP contribution in [-0.4, -0.2) is 42.6 Å². The first-order valence-electron chi connectivity index (χ1n) is 11.8. The molecule has 3 aromatic carbocycles. The fourth-order valence-corrected chi connectivity index (χ4v) is 6.05. The van der Waals surface area contributed by atoms with Gasteiger partial charge in [0.05, 0.1) is 18.4 Å². The molecule has 2 N–H and O–H groups in total. The van der Waals surface area contributed by atoms with Gasteiger partial charge in [0.15, 0.2) is 11.6 Å². The van der Waals surface area contributed by atoms with Crippen LogP contribution in [0.3, 0.4) is 0 Å². The van der Waals surface area contributed by atoms with E-state index in [4.69, 9.17) is 4.74 Å². The van der Waals surface area contributed by atoms with E-state index in [-0.39, 0.29) is 17.1 Å². The van der Waals surface area contributed by atoms with E-state index in [2.05, 4.69) is 10.6 Å². The predicted octanol–water partition coefficient (Wildman–Crippen LogP) is 3.51. The Balaban J connectivity index is 1.57. The molecule has 1 aliphatic carbocycles. The summed E-state index contributed by atoms with van der Waals surface area (Å²) < 4.78 is 5.27. The molecule has 1 amide bonds. The maximum Gasteiger partial charge on any atom is 0.244 e. The summed E-state index contributed by atoms with van der Waals surface area (Å²) in [6.07, 6.45) is 0. The molecule has 0 saturated carbocycles. The second kappa shape index (κ2) is 7.18. The van der Waals surface area contributed by atoms with Gasteiger partial charge in [-0.3, -0.25) is 14.4 Å². The van der Waals surface area contributed by atoms with Crippen molar-refractivity contribution in [3.63, 3.8) is 0 Å². The molecule has 3 heterocycles. The summed E-state index contributed by atoms with van der Waals surface area (Å²) >= 11 is 0. The van der Waals surface area contributed by atoms with Crippen molar-refractivity contribution >= 4 is 28.9 Å². The first-order valence-corrected chi connectivity index (χ1v) is 11.8. The molecule has 0 radical (unpaired) electrons. The molecule has 7 rings (SSSR count). The van der Waals surface area contributed by atoms with Crippen LogP contribution in [-0.2, 0) is 10.2 Å². The summed E-state index contributed by atoms with van der Waals surface area (Å²) in [5, 5.41) is 6.35. The lowest BCUT2D eigenvalue weighted by Gasteiger charge is -2.39. The number of carbonyl (C=O) groups is 3. The maximum absolute atomic E-state index is 14.3. The Labute approximate surface area is 207 Å². The summed E-state index contributed by atoms with van der Waals surface area (Å²) in [7, 11) is 1.56. The number of fused-ring (bicyclic) bond motifs is 7. The summed E-state index contributed by atoms with van der Waals surface area (Å²) in [4.78, 5) is 44.6. The molecular weight excluding hydrogens is 454 g/mol. The van der Waals surface area contributed by atoms with Crippen LogP contribution in [0.4, 0.5) is 5.69 Å². The molecule has 3 aliphatic heterocycles. The van der Waals surface area contributed by atoms with Gasteiger partial charge >= 0.3 is 0 Å². The van der Waals surface area contributed by atoms with Crippen molar-refractivity contribution in [2.75, 3.05) is 25.5 Å². The van der Waals surface area contributed by atoms with Crippen molar-refractivity contribution in [3.05, 3.63) is 112 Å². The van der Waals surface area contributed by atoms with Gasteiger partial charge in [0.25, 0.3) is 0 Å². The van der Waals surface area contributed by atoms with Crippen molar-refractivity contribution < 1.29 is 19.1 Å². The van der Waals surface area contributed by atoms with E-state index < -0.39 is 11.3 Å². The molecule has 1 saturated heterocycles. The van der Waals surface area contributed by atoms with E-state index in [9.17, 15) is 14.4 Å². The predicted molar refractivity (Wildman–Crippen MR) is 134 cm³/mol. The van der Waals surface area contributed by atoms with Crippen LogP contribution in [0.1, 0.15) is 31.8 Å². The van der Waals surface area contributed by atoms with Crippen LogP contribution < -0.4 is 15.4 Å². The van der Waals surface area contributed by atoms with Crippen molar-refractivity contribution in [2.45, 2.75) is 5.41 Å². The Kier molecular flexibility index (Phi) is 4.13. The Bertz CT molecular complexity index is 1580. The number of nitrogens with zero attached hydrogens (tertiary/aromatic N) is 1. The number of hydrogen-bond donors (Lipinski definition) is 2. The van der Waals surface area contributed by atoms with Gasteiger partial charge < -0.3 is 20.3 Å². The summed E-state index contributed by atoms with van der Waals surface area (Å²) in [5.41, 5.74) is 2.69. The second-order valence-corrected chi connectivity index (χ2v) is 9.21. The van der Waals surface area contributed by atoms with Gasteiger partial charge in [-0.05, 0) is 30.3 Å². The highest BCUT2D eigenvalue weighted by atomic mass is 16.5. The highest BCUT2D eigenvalue weighted by Gasteiger charge is 2.63. The summed E-state index contributed by atoms with van der Waals surface area (Å²) in [6, 6.07) is 21.5. The molecule has 0 aromatic heterocycles. The van der Waals surface area contributed by atoms with Crippen molar-refractivity contribution in [3.8, 4) is 5.75 Å². The van der Waals surface area contributed by atoms with E-state index in [0.29, 0.717) is 58.3 Å². The minimum Gasteiger partial charge on any atom is -0.497 e. The number of benzene rings is 3. The third-order valence-corrected chi connectivity index (χ3v) is 7.54. The fraction of sp³-hybridized carbons (Fsp3) is 0.138. The standard InChI is InChI=1S/C29H21N3O4/c1-36-17-12-10-16(11-13-17)25(33)23-27-30-14-15-32(27)24-18-6-2-3-7-19(18)26(34)22(24)29(23)20-8-4-5-9-21(20)31-28(29)35/h2-13,30H,14-15H2,1H3,(H,31,35)/t29-/m1/s1. The molecule has 176 valence electrons. The van der Waals surface area contributed by atoms with E-state index in [0.717, 1.165) is 5.56 Å². The molecule has 1 atom stereocenters. The van der Waals surface area contributed by atoms with E-state index in [1.807, 2.05) is 47.4 Å². The maximum atomic E-state index is 14.3. The van der Waals surface area contributed by atoms with Crippen LogP contribution in [0.2, 0.25) is 0 Å². The van der Waals surface area contributed by atoms with E-state index in [1.54, 1.807) is 37.4 Å². The van der Waals surface area contributed by atoms with Crippen molar-refractivity contribution in [1.82, 2.24) is 10.2 Å². The molecule has 1 spiro atoms. The van der Waals surface area contributed by atoms with Gasteiger partial charge in [0.2, 0.25) is 5.91 Å². The first-order chi connectivity index (χ1) is 17.6. The topological polar surface area (TPSA) is 87.7 Å². The number of anilines is 1. The van der Waals surface area contributed by atoms with Gasteiger partial charge in [0.1, 0.15) is 17.0 Å². The zero-order chi connectivity index (χ0) is 24.6. The zero-order valence-corrected chi connectivity index (χ0v) is 19.4. The lowest BCUT2D eigenvalue weighted by molar-refractivity contribution is -0.118. The highest BCUT2D eigenvalue weighted by molar-refractivity contribution is 6.33. The normalized spacial score (nSPS) is 21.2. The molecule has 0 unspecified atom stereocenters. The van der Waals surface area contributed by atoms with Crippen LogP contribution >= 0.6 is 0 Å². The second-order valence-electron chi connectivity index (χ2n) is 9.21. The van der Waals surface area contributed by atoms with Crippen molar-refractivity contribution in [1.29, 1.82) is 0 Å². The summed E-state index contributed by atoms with van der Waals surface area (Å²) in [5.74, 6) is 0.271. The van der Waals surface area contributed by atoms with Crippen LogP contribution in [0.5, 0.6) is 5.75 Å². The number of hydrogen-bond acceptors (Lipinski definition) is 6. The Hall–Kier alpha value is -4.65. The lowest BCUT2D eigenvalue weighted by atomic mass is 9.64.